The van der Waals surface area contributed by atoms with Crippen molar-refractivity contribution in [3.8, 4) is 0 Å². The number of hydrogen-bond donors (Lipinski definition) is 0. The summed E-state index contributed by atoms with van der Waals surface area (Å²) in [6, 6.07) is 11.1. The van der Waals surface area contributed by atoms with Gasteiger partial charge in [-0.15, -0.1) is 0 Å². The van der Waals surface area contributed by atoms with Gasteiger partial charge in [0.2, 0.25) is 15.9 Å². The third-order valence-electron chi connectivity index (χ3n) is 4.54. The van der Waals surface area contributed by atoms with Crippen LogP contribution in [0.15, 0.2) is 53.4 Å². The highest BCUT2D eigenvalue weighted by atomic mass is 35.5. The molecule has 0 aliphatic carbocycles. The quantitative estimate of drug-likeness (QED) is 0.710. The number of carbonyl (C=O) groups excluding carboxylic acids is 1. The number of piperazine rings is 1. The van der Waals surface area contributed by atoms with Gasteiger partial charge in [-0.3, -0.25) is 4.79 Å². The van der Waals surface area contributed by atoms with Gasteiger partial charge in [0.1, 0.15) is 5.82 Å². The van der Waals surface area contributed by atoms with Gasteiger partial charge in [-0.05, 0) is 36.8 Å². The molecule has 148 valence electrons. The molecule has 1 aliphatic rings. The van der Waals surface area contributed by atoms with Crippen LogP contribution in [-0.4, -0.2) is 49.7 Å². The van der Waals surface area contributed by atoms with Gasteiger partial charge in [-0.25, -0.2) is 12.8 Å². The lowest BCUT2D eigenvalue weighted by Crippen LogP contribution is -2.50. The minimum atomic E-state index is -3.78. The number of carbonyl (C=O) groups is 1. The van der Waals surface area contributed by atoms with Crippen molar-refractivity contribution < 1.29 is 17.6 Å². The van der Waals surface area contributed by atoms with E-state index in [1.807, 2.05) is 31.2 Å². The number of benzene rings is 2. The van der Waals surface area contributed by atoms with E-state index in [0.717, 1.165) is 23.3 Å². The predicted octanol–water partition coefficient (Wildman–Crippen LogP) is 3.33. The zero-order valence-corrected chi connectivity index (χ0v) is 16.9. The first-order valence-electron chi connectivity index (χ1n) is 8.76. The number of aryl methyl sites for hydroxylation is 1. The molecule has 28 heavy (non-hydrogen) atoms. The van der Waals surface area contributed by atoms with Crippen LogP contribution in [0.1, 0.15) is 11.1 Å². The molecule has 1 amide bonds. The van der Waals surface area contributed by atoms with Crippen LogP contribution in [0.2, 0.25) is 5.02 Å². The number of hydrogen-bond acceptors (Lipinski definition) is 3. The maximum atomic E-state index is 13.3. The largest absolute Gasteiger partial charge is 0.337 e. The van der Waals surface area contributed by atoms with Gasteiger partial charge >= 0.3 is 0 Å². The van der Waals surface area contributed by atoms with Gasteiger partial charge in [0.25, 0.3) is 0 Å². The molecule has 2 aromatic carbocycles. The van der Waals surface area contributed by atoms with Crippen molar-refractivity contribution in [1.82, 2.24) is 9.21 Å². The highest BCUT2D eigenvalue weighted by molar-refractivity contribution is 7.89. The van der Waals surface area contributed by atoms with Crippen molar-refractivity contribution in [2.45, 2.75) is 11.8 Å². The van der Waals surface area contributed by atoms with E-state index in [9.17, 15) is 17.6 Å². The summed E-state index contributed by atoms with van der Waals surface area (Å²) in [5.74, 6) is -0.834. The normalized spacial score (nSPS) is 15.9. The molecule has 0 unspecified atom stereocenters. The molecule has 0 spiro atoms. The molecular weight excluding hydrogens is 403 g/mol. The first-order valence-corrected chi connectivity index (χ1v) is 10.6. The van der Waals surface area contributed by atoms with Crippen LogP contribution in [0.3, 0.4) is 0 Å². The van der Waals surface area contributed by atoms with E-state index in [1.54, 1.807) is 11.0 Å². The van der Waals surface area contributed by atoms with Gasteiger partial charge in [0.15, 0.2) is 0 Å². The summed E-state index contributed by atoms with van der Waals surface area (Å²) >= 11 is 5.70. The Kier molecular flexibility index (Phi) is 6.17. The molecule has 8 heteroatoms. The fourth-order valence-corrected chi connectivity index (χ4v) is 4.68. The molecule has 0 aromatic heterocycles. The zero-order valence-electron chi connectivity index (χ0n) is 15.3. The minimum absolute atomic E-state index is 0.0574. The Hall–Kier alpha value is -2.22. The first-order chi connectivity index (χ1) is 13.3. The lowest BCUT2D eigenvalue weighted by Gasteiger charge is -2.33. The molecule has 0 atom stereocenters. The summed E-state index contributed by atoms with van der Waals surface area (Å²) in [6.07, 6.45) is 3.25. The summed E-state index contributed by atoms with van der Waals surface area (Å²) in [5, 5.41) is -0.240. The molecule has 0 saturated carbocycles. The van der Waals surface area contributed by atoms with Gasteiger partial charge < -0.3 is 4.90 Å². The molecular formula is C20H20ClFN2O3S. The monoisotopic (exact) mass is 422 g/mol. The van der Waals surface area contributed by atoms with Crippen molar-refractivity contribution in [2.24, 2.45) is 0 Å². The highest BCUT2D eigenvalue weighted by Gasteiger charge is 2.30. The Morgan fingerprint density at radius 1 is 1.11 bits per heavy atom. The van der Waals surface area contributed by atoms with Crippen molar-refractivity contribution in [1.29, 1.82) is 0 Å². The molecule has 0 N–H and O–H groups in total. The van der Waals surface area contributed by atoms with Crippen molar-refractivity contribution in [2.75, 3.05) is 26.2 Å². The fourth-order valence-electron chi connectivity index (χ4n) is 2.98. The van der Waals surface area contributed by atoms with E-state index in [1.165, 1.54) is 16.4 Å². The SMILES string of the molecule is Cc1cccc(/C=C/C(=O)N2CCN(S(=O)(=O)c3ccc(F)c(Cl)c3)CC2)c1. The molecule has 3 rings (SSSR count). The van der Waals surface area contributed by atoms with Crippen molar-refractivity contribution in [3.63, 3.8) is 0 Å². The van der Waals surface area contributed by atoms with Crippen LogP contribution in [0, 0.1) is 12.7 Å². The number of nitrogens with zero attached hydrogens (tertiary/aromatic N) is 2. The molecule has 0 bridgehead atoms. The average molecular weight is 423 g/mol. The van der Waals surface area contributed by atoms with E-state index in [4.69, 9.17) is 11.6 Å². The van der Waals surface area contributed by atoms with Crippen molar-refractivity contribution >= 4 is 33.6 Å². The maximum absolute atomic E-state index is 13.3. The van der Waals surface area contributed by atoms with E-state index < -0.39 is 15.8 Å². The second-order valence-corrected chi connectivity index (χ2v) is 8.90. The molecule has 1 fully saturated rings. The average Bonchev–Trinajstić information content (AvgIpc) is 2.68. The summed E-state index contributed by atoms with van der Waals surface area (Å²) < 4.78 is 40.0. The van der Waals surface area contributed by atoms with Crippen LogP contribution < -0.4 is 0 Å². The number of amides is 1. The summed E-state index contributed by atoms with van der Waals surface area (Å²) in [4.78, 5) is 13.9. The molecule has 5 nitrogen and oxygen atoms in total. The Bertz CT molecular complexity index is 1020. The van der Waals surface area contributed by atoms with Crippen LogP contribution in [0.25, 0.3) is 6.08 Å². The van der Waals surface area contributed by atoms with E-state index in [-0.39, 0.29) is 42.0 Å². The van der Waals surface area contributed by atoms with Gasteiger partial charge in [-0.1, -0.05) is 41.4 Å². The lowest BCUT2D eigenvalue weighted by atomic mass is 10.1. The predicted molar refractivity (Wildman–Crippen MR) is 107 cm³/mol. The highest BCUT2D eigenvalue weighted by Crippen LogP contribution is 2.23. The van der Waals surface area contributed by atoms with E-state index in [0.29, 0.717) is 0 Å². The molecule has 0 radical (unpaired) electrons. The van der Waals surface area contributed by atoms with Crippen molar-refractivity contribution in [3.05, 3.63) is 70.5 Å². The van der Waals surface area contributed by atoms with Gasteiger partial charge in [-0.2, -0.15) is 4.31 Å². The molecule has 1 aliphatic heterocycles. The number of rotatable bonds is 4. The van der Waals surface area contributed by atoms with Gasteiger partial charge in [0, 0.05) is 32.3 Å². The van der Waals surface area contributed by atoms with Gasteiger partial charge in [0.05, 0.1) is 9.92 Å². The Morgan fingerprint density at radius 3 is 2.46 bits per heavy atom. The van der Waals surface area contributed by atoms with Crippen LogP contribution in [-0.2, 0) is 14.8 Å². The Morgan fingerprint density at radius 2 is 1.82 bits per heavy atom. The second kappa shape index (κ2) is 8.43. The standard InChI is InChI=1S/C20H20ClFN2O3S/c1-15-3-2-4-16(13-15)5-8-20(25)23-9-11-24(12-10-23)28(26,27)17-6-7-19(22)18(21)14-17/h2-8,13-14H,9-12H2,1H3/b8-5+. The van der Waals surface area contributed by atoms with Crippen LogP contribution in [0.5, 0.6) is 0 Å². The first kappa shape index (κ1) is 20.5. The van der Waals surface area contributed by atoms with E-state index >= 15 is 0 Å². The Balaban J connectivity index is 1.63. The van der Waals surface area contributed by atoms with Crippen LogP contribution >= 0.6 is 11.6 Å². The third-order valence-corrected chi connectivity index (χ3v) is 6.72. The summed E-state index contributed by atoms with van der Waals surface area (Å²) in [5.41, 5.74) is 2.04. The van der Waals surface area contributed by atoms with E-state index in [2.05, 4.69) is 0 Å². The Labute approximate surface area is 169 Å². The summed E-state index contributed by atoms with van der Waals surface area (Å²) in [7, 11) is -3.78. The number of halogens is 2. The maximum Gasteiger partial charge on any atom is 0.246 e. The summed E-state index contributed by atoms with van der Waals surface area (Å²) in [6.45, 7) is 2.88. The lowest BCUT2D eigenvalue weighted by molar-refractivity contribution is -0.127. The second-order valence-electron chi connectivity index (χ2n) is 6.55. The fraction of sp³-hybridized carbons (Fsp3) is 0.250. The molecule has 1 saturated heterocycles. The van der Waals surface area contributed by atoms with Crippen LogP contribution in [0.4, 0.5) is 4.39 Å². The number of sulfonamides is 1. The topological polar surface area (TPSA) is 57.7 Å². The third kappa shape index (κ3) is 4.60. The molecule has 2 aromatic rings. The smallest absolute Gasteiger partial charge is 0.246 e. The minimum Gasteiger partial charge on any atom is -0.337 e. The zero-order chi connectivity index (χ0) is 20.3. The molecule has 1 heterocycles.